The molecule has 0 amide bonds. The Labute approximate surface area is 116 Å². The Balaban J connectivity index is 2.53. The molecule has 0 atom stereocenters. The van der Waals surface area contributed by atoms with Crippen molar-refractivity contribution in [2.45, 2.75) is 20.0 Å². The molecule has 0 fully saturated rings. The molecule has 0 aromatic heterocycles. The standard InChI is InChI=1S/C14H18F3NO2/c1-3-18(10-14(15,16)17)8-9-20-13-7-5-4-6-12(13)11(2)19/h4-7H,3,8-10H2,1-2H3. The third-order valence-corrected chi connectivity index (χ3v) is 2.78. The first-order chi connectivity index (χ1) is 9.33. The molecule has 0 spiro atoms. The predicted octanol–water partition coefficient (Wildman–Crippen LogP) is 3.15. The highest BCUT2D eigenvalue weighted by atomic mass is 19.4. The van der Waals surface area contributed by atoms with E-state index in [1.807, 2.05) is 0 Å². The van der Waals surface area contributed by atoms with E-state index in [0.717, 1.165) is 0 Å². The maximum absolute atomic E-state index is 12.3. The van der Waals surface area contributed by atoms with E-state index in [2.05, 4.69) is 0 Å². The average Bonchev–Trinajstić information content (AvgIpc) is 2.36. The average molecular weight is 289 g/mol. The molecular formula is C14H18F3NO2. The molecule has 3 nitrogen and oxygen atoms in total. The van der Waals surface area contributed by atoms with Gasteiger partial charge in [0.1, 0.15) is 12.4 Å². The number of rotatable bonds is 7. The van der Waals surface area contributed by atoms with Gasteiger partial charge in [-0.1, -0.05) is 19.1 Å². The molecule has 0 aliphatic carbocycles. The van der Waals surface area contributed by atoms with Crippen LogP contribution in [0.4, 0.5) is 13.2 Å². The molecule has 0 aliphatic rings. The Morgan fingerprint density at radius 2 is 1.95 bits per heavy atom. The van der Waals surface area contributed by atoms with Gasteiger partial charge in [0, 0.05) is 6.54 Å². The number of ketones is 1. The minimum Gasteiger partial charge on any atom is -0.491 e. The van der Waals surface area contributed by atoms with Crippen molar-refractivity contribution in [2.24, 2.45) is 0 Å². The fraction of sp³-hybridized carbons (Fsp3) is 0.500. The smallest absolute Gasteiger partial charge is 0.401 e. The fourth-order valence-corrected chi connectivity index (χ4v) is 1.77. The van der Waals surface area contributed by atoms with Crippen LogP contribution in [0.15, 0.2) is 24.3 Å². The van der Waals surface area contributed by atoms with Gasteiger partial charge in [-0.05, 0) is 25.6 Å². The Kier molecular flexibility index (Phi) is 6.01. The number of hydrogen-bond acceptors (Lipinski definition) is 3. The van der Waals surface area contributed by atoms with Crippen molar-refractivity contribution in [3.8, 4) is 5.75 Å². The van der Waals surface area contributed by atoms with Crippen molar-refractivity contribution in [3.05, 3.63) is 29.8 Å². The maximum atomic E-state index is 12.3. The number of carbonyl (C=O) groups excluding carboxylic acids is 1. The summed E-state index contributed by atoms with van der Waals surface area (Å²) in [5, 5.41) is 0. The highest BCUT2D eigenvalue weighted by Gasteiger charge is 2.29. The molecule has 0 saturated heterocycles. The van der Waals surface area contributed by atoms with Crippen LogP contribution < -0.4 is 4.74 Å². The molecule has 0 radical (unpaired) electrons. The van der Waals surface area contributed by atoms with Gasteiger partial charge in [0.15, 0.2) is 5.78 Å². The van der Waals surface area contributed by atoms with Gasteiger partial charge in [0.2, 0.25) is 0 Å². The molecule has 1 aromatic rings. The highest BCUT2D eigenvalue weighted by Crippen LogP contribution is 2.19. The quantitative estimate of drug-likeness (QED) is 0.722. The summed E-state index contributed by atoms with van der Waals surface area (Å²) < 4.78 is 42.3. The number of nitrogens with zero attached hydrogens (tertiary/aromatic N) is 1. The molecule has 0 N–H and O–H groups in total. The van der Waals surface area contributed by atoms with Crippen LogP contribution >= 0.6 is 0 Å². The monoisotopic (exact) mass is 289 g/mol. The second-order valence-corrected chi connectivity index (χ2v) is 4.38. The molecule has 6 heteroatoms. The first-order valence-corrected chi connectivity index (χ1v) is 6.35. The first kappa shape index (κ1) is 16.5. The summed E-state index contributed by atoms with van der Waals surface area (Å²) in [4.78, 5) is 12.6. The van der Waals surface area contributed by atoms with Crippen molar-refractivity contribution in [3.63, 3.8) is 0 Å². The zero-order valence-corrected chi connectivity index (χ0v) is 11.5. The van der Waals surface area contributed by atoms with Gasteiger partial charge in [0.05, 0.1) is 12.1 Å². The van der Waals surface area contributed by atoms with E-state index in [-0.39, 0.29) is 25.5 Å². The zero-order chi connectivity index (χ0) is 15.2. The van der Waals surface area contributed by atoms with Crippen LogP contribution in [0.2, 0.25) is 0 Å². The second kappa shape index (κ2) is 7.28. The lowest BCUT2D eigenvalue weighted by Crippen LogP contribution is -2.36. The lowest BCUT2D eigenvalue weighted by atomic mass is 10.1. The normalized spacial score (nSPS) is 11.7. The molecule has 0 unspecified atom stereocenters. The van der Waals surface area contributed by atoms with Gasteiger partial charge in [0.25, 0.3) is 0 Å². The lowest BCUT2D eigenvalue weighted by molar-refractivity contribution is -0.146. The largest absolute Gasteiger partial charge is 0.491 e. The number of halogens is 3. The van der Waals surface area contributed by atoms with E-state index in [1.54, 1.807) is 31.2 Å². The van der Waals surface area contributed by atoms with Gasteiger partial charge in [-0.3, -0.25) is 9.69 Å². The predicted molar refractivity (Wildman–Crippen MR) is 70.1 cm³/mol. The van der Waals surface area contributed by atoms with Crippen molar-refractivity contribution in [1.29, 1.82) is 0 Å². The first-order valence-electron chi connectivity index (χ1n) is 6.35. The van der Waals surface area contributed by atoms with Crippen LogP contribution in [0.5, 0.6) is 5.75 Å². The number of alkyl halides is 3. The van der Waals surface area contributed by atoms with Crippen LogP contribution in [0.25, 0.3) is 0 Å². The van der Waals surface area contributed by atoms with Crippen molar-refractivity contribution in [2.75, 3.05) is 26.2 Å². The van der Waals surface area contributed by atoms with E-state index in [9.17, 15) is 18.0 Å². The lowest BCUT2D eigenvalue weighted by Gasteiger charge is -2.22. The minimum absolute atomic E-state index is 0.105. The topological polar surface area (TPSA) is 29.5 Å². The van der Waals surface area contributed by atoms with Crippen molar-refractivity contribution in [1.82, 2.24) is 4.90 Å². The van der Waals surface area contributed by atoms with Crippen molar-refractivity contribution < 1.29 is 22.7 Å². The van der Waals surface area contributed by atoms with Crippen LogP contribution in [0, 0.1) is 0 Å². The molecule has 112 valence electrons. The molecule has 20 heavy (non-hydrogen) atoms. The van der Waals surface area contributed by atoms with E-state index in [0.29, 0.717) is 11.3 Å². The number of para-hydroxylation sites is 1. The summed E-state index contributed by atoms with van der Waals surface area (Å²) in [5.74, 6) is 0.270. The summed E-state index contributed by atoms with van der Waals surface area (Å²) in [6.45, 7) is 2.67. The molecule has 1 rings (SSSR count). The summed E-state index contributed by atoms with van der Waals surface area (Å²) in [6, 6.07) is 6.70. The van der Waals surface area contributed by atoms with Crippen LogP contribution in [-0.2, 0) is 0 Å². The number of benzene rings is 1. The molecule has 0 saturated carbocycles. The van der Waals surface area contributed by atoms with Gasteiger partial charge in [-0.15, -0.1) is 0 Å². The van der Waals surface area contributed by atoms with Crippen LogP contribution in [-0.4, -0.2) is 43.1 Å². The maximum Gasteiger partial charge on any atom is 0.401 e. The highest BCUT2D eigenvalue weighted by molar-refractivity contribution is 5.96. The number of likely N-dealkylation sites (N-methyl/N-ethyl adjacent to an activating group) is 1. The summed E-state index contributed by atoms with van der Waals surface area (Å²) in [5.41, 5.74) is 0.436. The Morgan fingerprint density at radius 1 is 1.30 bits per heavy atom. The fourth-order valence-electron chi connectivity index (χ4n) is 1.77. The molecule has 1 aromatic carbocycles. The Bertz CT molecular complexity index is 446. The van der Waals surface area contributed by atoms with Gasteiger partial charge in [-0.2, -0.15) is 13.2 Å². The Morgan fingerprint density at radius 3 is 2.50 bits per heavy atom. The third kappa shape index (κ3) is 5.61. The van der Waals surface area contributed by atoms with Crippen molar-refractivity contribution >= 4 is 5.78 Å². The number of Topliss-reactive ketones (excluding diaryl/α,β-unsaturated/α-hetero) is 1. The van der Waals surface area contributed by atoms with Gasteiger partial charge >= 0.3 is 6.18 Å². The van der Waals surface area contributed by atoms with Gasteiger partial charge < -0.3 is 4.74 Å². The van der Waals surface area contributed by atoms with Crippen LogP contribution in [0.1, 0.15) is 24.2 Å². The van der Waals surface area contributed by atoms with E-state index >= 15 is 0 Å². The van der Waals surface area contributed by atoms with E-state index < -0.39 is 12.7 Å². The number of hydrogen-bond donors (Lipinski definition) is 0. The summed E-state index contributed by atoms with van der Waals surface area (Å²) >= 11 is 0. The molecule has 0 bridgehead atoms. The minimum atomic E-state index is -4.21. The second-order valence-electron chi connectivity index (χ2n) is 4.38. The molecule has 0 heterocycles. The SMILES string of the molecule is CCN(CCOc1ccccc1C(C)=O)CC(F)(F)F. The van der Waals surface area contributed by atoms with E-state index in [4.69, 9.17) is 4.74 Å². The summed E-state index contributed by atoms with van der Waals surface area (Å²) in [7, 11) is 0. The molecule has 0 aliphatic heterocycles. The van der Waals surface area contributed by atoms with Crippen LogP contribution in [0.3, 0.4) is 0 Å². The van der Waals surface area contributed by atoms with E-state index in [1.165, 1.54) is 11.8 Å². The zero-order valence-electron chi connectivity index (χ0n) is 11.5. The number of carbonyl (C=O) groups is 1. The third-order valence-electron chi connectivity index (χ3n) is 2.78. The number of ether oxygens (including phenoxy) is 1. The summed E-state index contributed by atoms with van der Waals surface area (Å²) in [6.07, 6.45) is -4.21. The Hall–Kier alpha value is -1.56. The molecular weight excluding hydrogens is 271 g/mol. The van der Waals surface area contributed by atoms with Gasteiger partial charge in [-0.25, -0.2) is 0 Å².